The van der Waals surface area contributed by atoms with Gasteiger partial charge in [0.15, 0.2) is 0 Å². The van der Waals surface area contributed by atoms with Gasteiger partial charge in [0.2, 0.25) is 0 Å². The van der Waals surface area contributed by atoms with Crippen LogP contribution < -0.4 is 25.4 Å². The number of benzene rings is 2. The van der Waals surface area contributed by atoms with Gasteiger partial charge in [-0.05, 0) is 94.4 Å². The fourth-order valence-corrected chi connectivity index (χ4v) is 4.57. The number of amides is 2. The number of nitrogens with one attached hydrogen (secondary N) is 3. The first-order valence-electron chi connectivity index (χ1n) is 12.6. The average molecular weight is 486 g/mol. The predicted molar refractivity (Wildman–Crippen MR) is 139 cm³/mol. The summed E-state index contributed by atoms with van der Waals surface area (Å²) < 4.78 is 12.5. The Balaban J connectivity index is 1.35. The molecule has 1 saturated carbocycles. The Labute approximate surface area is 211 Å². The summed E-state index contributed by atoms with van der Waals surface area (Å²) in [6, 6.07) is 13.3. The van der Waals surface area contributed by atoms with Gasteiger partial charge in [0, 0.05) is 29.4 Å². The Kier molecular flexibility index (Phi) is 6.92. The molecule has 36 heavy (non-hydrogen) atoms. The number of nitrogens with zero attached hydrogens (tertiary/aromatic N) is 2. The minimum absolute atomic E-state index is 0.0116. The Hall–Kier alpha value is -3.83. The maximum absolute atomic E-state index is 12.1. The van der Waals surface area contributed by atoms with Gasteiger partial charge in [-0.25, -0.2) is 4.79 Å². The van der Waals surface area contributed by atoms with E-state index in [1.54, 1.807) is 18.3 Å². The van der Waals surface area contributed by atoms with Crippen molar-refractivity contribution in [2.24, 2.45) is 5.92 Å². The number of nitriles is 1. The Morgan fingerprint density at radius 2 is 1.94 bits per heavy atom. The molecular weight excluding hydrogens is 454 g/mol. The molecule has 5 rings (SSSR count). The SMILES string of the molecule is Cc1cc(Oc2ccnc3cc(OC(C)C4CCNCC4)c(C#N)cc23)ccc1NC(=O)NC1CC1. The third-order valence-electron chi connectivity index (χ3n) is 6.87. The highest BCUT2D eigenvalue weighted by Crippen LogP contribution is 2.35. The fraction of sp³-hybridized carbons (Fsp3) is 0.393. The zero-order chi connectivity index (χ0) is 25.1. The summed E-state index contributed by atoms with van der Waals surface area (Å²) in [6.07, 6.45) is 5.90. The predicted octanol–water partition coefficient (Wildman–Crippen LogP) is 5.26. The Morgan fingerprint density at radius 3 is 2.67 bits per heavy atom. The van der Waals surface area contributed by atoms with E-state index in [9.17, 15) is 10.1 Å². The number of carbonyl (C=O) groups is 1. The van der Waals surface area contributed by atoms with E-state index in [1.807, 2.05) is 31.2 Å². The number of aryl methyl sites for hydroxylation is 1. The minimum atomic E-state index is -0.189. The van der Waals surface area contributed by atoms with Crippen molar-refractivity contribution in [3.63, 3.8) is 0 Å². The first kappa shape index (κ1) is 23.9. The third kappa shape index (κ3) is 5.52. The maximum Gasteiger partial charge on any atom is 0.319 e. The molecule has 3 N–H and O–H groups in total. The minimum Gasteiger partial charge on any atom is -0.489 e. The molecular formula is C28H31N5O3. The van der Waals surface area contributed by atoms with E-state index >= 15 is 0 Å². The van der Waals surface area contributed by atoms with Crippen molar-refractivity contribution in [2.75, 3.05) is 18.4 Å². The molecule has 2 fully saturated rings. The Bertz CT molecular complexity index is 1310. The van der Waals surface area contributed by atoms with Crippen LogP contribution in [0.4, 0.5) is 10.5 Å². The molecule has 2 heterocycles. The molecule has 3 aromatic rings. The van der Waals surface area contributed by atoms with Crippen LogP contribution in [-0.4, -0.2) is 36.3 Å². The van der Waals surface area contributed by atoms with Gasteiger partial charge in [0.1, 0.15) is 23.3 Å². The van der Waals surface area contributed by atoms with Gasteiger partial charge in [0.05, 0.1) is 17.2 Å². The van der Waals surface area contributed by atoms with Crippen molar-refractivity contribution >= 4 is 22.6 Å². The Morgan fingerprint density at radius 1 is 1.14 bits per heavy atom. The van der Waals surface area contributed by atoms with Crippen LogP contribution in [0.5, 0.6) is 17.2 Å². The molecule has 1 unspecified atom stereocenters. The van der Waals surface area contributed by atoms with Crippen LogP contribution in [-0.2, 0) is 0 Å². The van der Waals surface area contributed by atoms with E-state index in [4.69, 9.17) is 9.47 Å². The summed E-state index contributed by atoms with van der Waals surface area (Å²) in [5.41, 5.74) is 2.78. The second-order valence-corrected chi connectivity index (χ2v) is 9.65. The number of hydrogen-bond acceptors (Lipinski definition) is 6. The molecule has 0 spiro atoms. The lowest BCUT2D eigenvalue weighted by Crippen LogP contribution is -2.35. The van der Waals surface area contributed by atoms with Crippen molar-refractivity contribution in [1.29, 1.82) is 5.26 Å². The molecule has 1 atom stereocenters. The van der Waals surface area contributed by atoms with Crippen LogP contribution in [0, 0.1) is 24.2 Å². The van der Waals surface area contributed by atoms with Gasteiger partial charge in [0.25, 0.3) is 0 Å². The zero-order valence-corrected chi connectivity index (χ0v) is 20.6. The molecule has 186 valence electrons. The molecule has 1 saturated heterocycles. The number of aromatic nitrogens is 1. The van der Waals surface area contributed by atoms with Crippen LogP contribution >= 0.6 is 0 Å². The lowest BCUT2D eigenvalue weighted by atomic mass is 9.93. The second kappa shape index (κ2) is 10.4. The van der Waals surface area contributed by atoms with E-state index in [2.05, 4.69) is 33.9 Å². The smallest absolute Gasteiger partial charge is 0.319 e. The first-order valence-corrected chi connectivity index (χ1v) is 12.6. The van der Waals surface area contributed by atoms with Gasteiger partial charge in [-0.15, -0.1) is 0 Å². The largest absolute Gasteiger partial charge is 0.489 e. The molecule has 2 aromatic carbocycles. The number of pyridine rings is 1. The normalized spacial score (nSPS) is 16.7. The van der Waals surface area contributed by atoms with Gasteiger partial charge >= 0.3 is 6.03 Å². The van der Waals surface area contributed by atoms with Gasteiger partial charge in [-0.3, -0.25) is 4.98 Å². The fourth-order valence-electron chi connectivity index (χ4n) is 4.57. The molecule has 2 amide bonds. The molecule has 1 aliphatic carbocycles. The summed E-state index contributed by atoms with van der Waals surface area (Å²) in [5.74, 6) is 2.24. The molecule has 0 radical (unpaired) electrons. The summed E-state index contributed by atoms with van der Waals surface area (Å²) in [5, 5.41) is 19.8. The highest BCUT2D eigenvalue weighted by molar-refractivity contribution is 5.91. The molecule has 1 aromatic heterocycles. The highest BCUT2D eigenvalue weighted by Gasteiger charge is 2.24. The third-order valence-corrected chi connectivity index (χ3v) is 6.87. The molecule has 0 bridgehead atoms. The summed E-state index contributed by atoms with van der Waals surface area (Å²) in [6.45, 7) is 5.98. The van der Waals surface area contributed by atoms with Crippen molar-refractivity contribution in [2.45, 2.75) is 51.7 Å². The van der Waals surface area contributed by atoms with Crippen molar-refractivity contribution in [3.05, 3.63) is 53.7 Å². The quantitative estimate of drug-likeness (QED) is 0.421. The van der Waals surface area contributed by atoms with Crippen molar-refractivity contribution in [3.8, 4) is 23.3 Å². The molecule has 8 heteroatoms. The second-order valence-electron chi connectivity index (χ2n) is 9.65. The van der Waals surface area contributed by atoms with E-state index < -0.39 is 0 Å². The van der Waals surface area contributed by atoms with Crippen LogP contribution in [0.3, 0.4) is 0 Å². The van der Waals surface area contributed by atoms with E-state index in [1.165, 1.54) is 0 Å². The summed E-state index contributed by atoms with van der Waals surface area (Å²) in [4.78, 5) is 16.6. The standard InChI is InChI=1S/C28H31N5O3/c1-17-13-22(5-6-24(17)33-28(34)32-21-3-4-21)36-26-9-12-31-25-15-27(20(16-29)14-23(25)26)35-18(2)19-7-10-30-11-8-19/h5-6,9,12-15,18-19,21,30H,3-4,7-8,10-11H2,1-2H3,(H2,32,33,34). The van der Waals surface area contributed by atoms with E-state index in [0.29, 0.717) is 40.3 Å². The lowest BCUT2D eigenvalue weighted by Gasteiger charge is -2.29. The van der Waals surface area contributed by atoms with E-state index in [-0.39, 0.29) is 12.1 Å². The van der Waals surface area contributed by atoms with Gasteiger partial charge in [-0.1, -0.05) is 0 Å². The number of ether oxygens (including phenoxy) is 2. The zero-order valence-electron chi connectivity index (χ0n) is 20.6. The summed E-state index contributed by atoms with van der Waals surface area (Å²) in [7, 11) is 0. The number of urea groups is 1. The first-order chi connectivity index (χ1) is 17.5. The topological polar surface area (TPSA) is 108 Å². The van der Waals surface area contributed by atoms with Crippen LogP contribution in [0.2, 0.25) is 0 Å². The number of piperidine rings is 1. The van der Waals surface area contributed by atoms with Crippen LogP contribution in [0.25, 0.3) is 10.9 Å². The summed E-state index contributed by atoms with van der Waals surface area (Å²) >= 11 is 0. The van der Waals surface area contributed by atoms with Crippen molar-refractivity contribution in [1.82, 2.24) is 15.6 Å². The van der Waals surface area contributed by atoms with Crippen molar-refractivity contribution < 1.29 is 14.3 Å². The van der Waals surface area contributed by atoms with E-state index in [0.717, 1.165) is 55.4 Å². The number of carbonyl (C=O) groups excluding carboxylic acids is 1. The number of rotatable bonds is 7. The molecule has 1 aliphatic heterocycles. The molecule has 2 aliphatic rings. The average Bonchev–Trinajstić information content (AvgIpc) is 3.70. The number of anilines is 1. The monoisotopic (exact) mass is 485 g/mol. The van der Waals surface area contributed by atoms with Gasteiger partial charge < -0.3 is 25.4 Å². The highest BCUT2D eigenvalue weighted by atomic mass is 16.5. The van der Waals surface area contributed by atoms with Crippen LogP contribution in [0.1, 0.15) is 43.7 Å². The lowest BCUT2D eigenvalue weighted by molar-refractivity contribution is 0.128. The number of hydrogen-bond donors (Lipinski definition) is 3. The number of fused-ring (bicyclic) bond motifs is 1. The molecule has 8 nitrogen and oxygen atoms in total. The maximum atomic E-state index is 12.1. The van der Waals surface area contributed by atoms with Gasteiger partial charge in [-0.2, -0.15) is 5.26 Å². The van der Waals surface area contributed by atoms with Crippen LogP contribution in [0.15, 0.2) is 42.6 Å².